The highest BCUT2D eigenvalue weighted by atomic mass is 16.5. The number of rotatable bonds is 1. The number of hydrogen-bond acceptors (Lipinski definition) is 2. The molecular formula is C9H18O2. The molecule has 0 aromatic carbocycles. The molecule has 1 aliphatic heterocycles. The number of aliphatic hydroxyl groups excluding tert-OH is 1. The van der Waals surface area contributed by atoms with Crippen molar-refractivity contribution in [1.29, 1.82) is 0 Å². The first kappa shape index (κ1) is 9.01. The number of aliphatic hydroxyl groups is 1. The minimum atomic E-state index is -0.218. The van der Waals surface area contributed by atoms with Gasteiger partial charge in [-0.25, -0.2) is 0 Å². The molecule has 0 radical (unpaired) electrons. The molecule has 2 heteroatoms. The van der Waals surface area contributed by atoms with Gasteiger partial charge in [0.1, 0.15) is 0 Å². The van der Waals surface area contributed by atoms with Crippen molar-refractivity contribution in [3.8, 4) is 0 Å². The van der Waals surface area contributed by atoms with Crippen LogP contribution in [0.25, 0.3) is 0 Å². The summed E-state index contributed by atoms with van der Waals surface area (Å²) in [7, 11) is 0. The third-order valence-electron chi connectivity index (χ3n) is 2.30. The maximum absolute atomic E-state index is 9.81. The van der Waals surface area contributed by atoms with Crippen LogP contribution in [-0.2, 0) is 4.74 Å². The summed E-state index contributed by atoms with van der Waals surface area (Å²) >= 11 is 0. The summed E-state index contributed by atoms with van der Waals surface area (Å²) < 4.78 is 5.21. The zero-order chi connectivity index (χ0) is 8.48. The van der Waals surface area contributed by atoms with Gasteiger partial charge < -0.3 is 9.84 Å². The Balaban J connectivity index is 2.46. The van der Waals surface area contributed by atoms with Crippen molar-refractivity contribution in [3.05, 3.63) is 0 Å². The third kappa shape index (κ3) is 2.17. The largest absolute Gasteiger partial charge is 0.392 e. The normalized spacial score (nSPS) is 28.9. The van der Waals surface area contributed by atoms with E-state index in [1.165, 1.54) is 0 Å². The van der Waals surface area contributed by atoms with Crippen molar-refractivity contribution in [2.75, 3.05) is 13.2 Å². The van der Waals surface area contributed by atoms with Crippen LogP contribution < -0.4 is 0 Å². The predicted octanol–water partition coefficient (Wildman–Crippen LogP) is 1.43. The van der Waals surface area contributed by atoms with E-state index in [9.17, 15) is 5.11 Å². The Hall–Kier alpha value is -0.0800. The molecule has 0 aromatic heterocycles. The van der Waals surface area contributed by atoms with Crippen molar-refractivity contribution in [2.24, 2.45) is 11.3 Å². The van der Waals surface area contributed by atoms with Crippen molar-refractivity contribution in [3.63, 3.8) is 0 Å². The van der Waals surface area contributed by atoms with Crippen molar-refractivity contribution >= 4 is 0 Å². The van der Waals surface area contributed by atoms with Crippen LogP contribution in [0.15, 0.2) is 0 Å². The molecule has 11 heavy (non-hydrogen) atoms. The third-order valence-corrected chi connectivity index (χ3v) is 2.30. The van der Waals surface area contributed by atoms with Gasteiger partial charge in [0.15, 0.2) is 0 Å². The van der Waals surface area contributed by atoms with Gasteiger partial charge >= 0.3 is 0 Å². The molecule has 0 aliphatic carbocycles. The van der Waals surface area contributed by atoms with Crippen molar-refractivity contribution in [1.82, 2.24) is 0 Å². The molecule has 1 saturated heterocycles. The summed E-state index contributed by atoms with van der Waals surface area (Å²) in [6.07, 6.45) is 0.795. The fourth-order valence-corrected chi connectivity index (χ4v) is 1.51. The van der Waals surface area contributed by atoms with Crippen molar-refractivity contribution < 1.29 is 9.84 Å². The molecule has 1 heterocycles. The minimum Gasteiger partial charge on any atom is -0.392 e. The fraction of sp³-hybridized carbons (Fsp3) is 1.00. The second-order valence-electron chi connectivity index (χ2n) is 4.43. The summed E-state index contributed by atoms with van der Waals surface area (Å²) in [4.78, 5) is 0. The van der Waals surface area contributed by atoms with Gasteiger partial charge in [-0.3, -0.25) is 0 Å². The van der Waals surface area contributed by atoms with E-state index in [4.69, 9.17) is 4.74 Å². The molecule has 1 rings (SSSR count). The lowest BCUT2D eigenvalue weighted by atomic mass is 9.81. The summed E-state index contributed by atoms with van der Waals surface area (Å²) in [6.45, 7) is 7.75. The molecule has 2 atom stereocenters. The second-order valence-corrected chi connectivity index (χ2v) is 4.43. The summed E-state index contributed by atoms with van der Waals surface area (Å²) in [5.41, 5.74) is -0.00162. The van der Waals surface area contributed by atoms with E-state index in [2.05, 4.69) is 20.8 Å². The summed E-state index contributed by atoms with van der Waals surface area (Å²) in [5, 5.41) is 9.81. The molecule has 1 aliphatic rings. The lowest BCUT2D eigenvalue weighted by Gasteiger charge is -2.29. The Morgan fingerprint density at radius 3 is 2.45 bits per heavy atom. The van der Waals surface area contributed by atoms with E-state index < -0.39 is 0 Å². The Morgan fingerprint density at radius 1 is 1.45 bits per heavy atom. The van der Waals surface area contributed by atoms with E-state index in [1.54, 1.807) is 0 Å². The van der Waals surface area contributed by atoms with Gasteiger partial charge in [0.2, 0.25) is 0 Å². The average Bonchev–Trinajstić information content (AvgIpc) is 2.34. The molecule has 0 spiro atoms. The Bertz CT molecular complexity index is 120. The molecule has 0 amide bonds. The summed E-state index contributed by atoms with van der Waals surface area (Å²) in [6, 6.07) is 0. The first-order valence-corrected chi connectivity index (χ1v) is 4.27. The molecule has 1 N–H and O–H groups in total. The van der Waals surface area contributed by atoms with Crippen LogP contribution in [0.1, 0.15) is 27.2 Å². The van der Waals surface area contributed by atoms with Crippen LogP contribution in [0.3, 0.4) is 0 Å². The summed E-state index contributed by atoms with van der Waals surface area (Å²) in [5.74, 6) is 0.356. The van der Waals surface area contributed by atoms with E-state index in [1.807, 2.05) is 0 Å². The smallest absolute Gasteiger partial charge is 0.0639 e. The van der Waals surface area contributed by atoms with E-state index >= 15 is 0 Å². The quantitative estimate of drug-likeness (QED) is 0.625. The van der Waals surface area contributed by atoms with E-state index in [0.717, 1.165) is 19.6 Å². The van der Waals surface area contributed by atoms with Gasteiger partial charge in [-0.15, -0.1) is 0 Å². The van der Waals surface area contributed by atoms with Gasteiger partial charge in [-0.1, -0.05) is 20.8 Å². The molecular weight excluding hydrogens is 140 g/mol. The highest BCUT2D eigenvalue weighted by Gasteiger charge is 2.32. The number of hydrogen-bond donors (Lipinski definition) is 1. The Kier molecular flexibility index (Phi) is 2.55. The molecule has 2 nitrogen and oxygen atoms in total. The molecule has 1 fully saturated rings. The lowest BCUT2D eigenvalue weighted by Crippen LogP contribution is -2.33. The van der Waals surface area contributed by atoms with Crippen LogP contribution in [0.2, 0.25) is 0 Å². The molecule has 2 unspecified atom stereocenters. The maximum atomic E-state index is 9.81. The molecule has 0 aromatic rings. The van der Waals surface area contributed by atoms with Gasteiger partial charge in [0, 0.05) is 12.5 Å². The lowest BCUT2D eigenvalue weighted by molar-refractivity contribution is 0.00775. The highest BCUT2D eigenvalue weighted by Crippen LogP contribution is 2.29. The van der Waals surface area contributed by atoms with Crippen LogP contribution in [0, 0.1) is 11.3 Å². The van der Waals surface area contributed by atoms with Crippen LogP contribution in [0.5, 0.6) is 0 Å². The van der Waals surface area contributed by atoms with Crippen molar-refractivity contribution in [2.45, 2.75) is 33.3 Å². The molecule has 66 valence electrons. The fourth-order valence-electron chi connectivity index (χ4n) is 1.51. The highest BCUT2D eigenvalue weighted by molar-refractivity contribution is 4.81. The average molecular weight is 158 g/mol. The number of ether oxygens (including phenoxy) is 1. The van der Waals surface area contributed by atoms with Gasteiger partial charge in [0.25, 0.3) is 0 Å². The first-order valence-electron chi connectivity index (χ1n) is 4.27. The van der Waals surface area contributed by atoms with Gasteiger partial charge in [0.05, 0.1) is 12.7 Å². The topological polar surface area (TPSA) is 29.5 Å². The van der Waals surface area contributed by atoms with Crippen LogP contribution in [-0.4, -0.2) is 24.4 Å². The molecule has 0 bridgehead atoms. The standard InChI is InChI=1S/C9H18O2/c1-9(2,3)8(10)7-4-5-11-6-7/h7-8,10H,4-6H2,1-3H3. The van der Waals surface area contributed by atoms with Crippen LogP contribution >= 0.6 is 0 Å². The Morgan fingerprint density at radius 2 is 2.09 bits per heavy atom. The van der Waals surface area contributed by atoms with Crippen LogP contribution in [0.4, 0.5) is 0 Å². The van der Waals surface area contributed by atoms with Gasteiger partial charge in [-0.05, 0) is 11.8 Å². The predicted molar refractivity (Wildman–Crippen MR) is 44.4 cm³/mol. The van der Waals surface area contributed by atoms with E-state index in [0.29, 0.717) is 5.92 Å². The molecule has 0 saturated carbocycles. The monoisotopic (exact) mass is 158 g/mol. The Labute approximate surface area is 68.6 Å². The van der Waals surface area contributed by atoms with Gasteiger partial charge in [-0.2, -0.15) is 0 Å². The first-order chi connectivity index (χ1) is 5.02. The minimum absolute atomic E-state index is 0.00162. The SMILES string of the molecule is CC(C)(C)C(O)C1CCOC1. The maximum Gasteiger partial charge on any atom is 0.0639 e. The zero-order valence-corrected chi connectivity index (χ0v) is 7.63. The van der Waals surface area contributed by atoms with E-state index in [-0.39, 0.29) is 11.5 Å². The zero-order valence-electron chi connectivity index (χ0n) is 7.63. The second kappa shape index (κ2) is 3.11.